The number of aliphatic imine (C=N–C) groups is 1. The predicted molar refractivity (Wildman–Crippen MR) is 144 cm³/mol. The molecule has 0 unspecified atom stereocenters. The van der Waals surface area contributed by atoms with E-state index in [-0.39, 0.29) is 11.8 Å². The number of hydrogen-bond acceptors (Lipinski definition) is 7. The molecule has 1 aliphatic heterocycles. The Balaban J connectivity index is 1.40. The first-order valence-corrected chi connectivity index (χ1v) is 14.0. The summed E-state index contributed by atoms with van der Waals surface area (Å²) in [4.78, 5) is 19.0. The van der Waals surface area contributed by atoms with E-state index in [1.807, 2.05) is 20.9 Å². The van der Waals surface area contributed by atoms with E-state index in [0.29, 0.717) is 47.7 Å². The van der Waals surface area contributed by atoms with Gasteiger partial charge in [0.05, 0.1) is 18.6 Å². The minimum absolute atomic E-state index is 0.0539. The van der Waals surface area contributed by atoms with Crippen LogP contribution in [-0.2, 0) is 21.1 Å². The number of sulfone groups is 1. The van der Waals surface area contributed by atoms with Gasteiger partial charge in [0, 0.05) is 32.1 Å². The van der Waals surface area contributed by atoms with Crippen molar-refractivity contribution in [2.24, 2.45) is 4.99 Å². The maximum Gasteiger partial charge on any atom is 0.222 e. The summed E-state index contributed by atoms with van der Waals surface area (Å²) in [5.41, 5.74) is 4.47. The van der Waals surface area contributed by atoms with Gasteiger partial charge in [0.2, 0.25) is 5.91 Å². The normalized spacial score (nSPS) is 13.3. The molecule has 0 spiro atoms. The predicted octanol–water partition coefficient (Wildman–Crippen LogP) is 2.77. The molecule has 2 aromatic rings. The van der Waals surface area contributed by atoms with Crippen molar-refractivity contribution < 1.29 is 17.9 Å². The van der Waals surface area contributed by atoms with Gasteiger partial charge >= 0.3 is 0 Å². The van der Waals surface area contributed by atoms with Gasteiger partial charge < -0.3 is 20.3 Å². The molecule has 1 aliphatic rings. The average molecular weight is 515 g/mol. The minimum atomic E-state index is -3.51. The summed E-state index contributed by atoms with van der Waals surface area (Å²) in [6.07, 6.45) is 1.72. The molecule has 196 valence electrons. The SMILES string of the molecule is COc1cc(C)c(S(=O)(=O)CNCCCC(=O)N(C)CCc2ccc(C3=NCCN3)cc2)c(C)c1C. The van der Waals surface area contributed by atoms with Crippen molar-refractivity contribution in [3.63, 3.8) is 0 Å². The molecule has 36 heavy (non-hydrogen) atoms. The van der Waals surface area contributed by atoms with Crippen LogP contribution in [0.5, 0.6) is 5.75 Å². The van der Waals surface area contributed by atoms with Crippen molar-refractivity contribution in [3.05, 3.63) is 58.1 Å². The Hall–Kier alpha value is -2.91. The number of ether oxygens (including phenoxy) is 1. The number of hydrogen-bond donors (Lipinski definition) is 2. The number of aryl methyl sites for hydroxylation is 1. The van der Waals surface area contributed by atoms with Crippen molar-refractivity contribution in [3.8, 4) is 5.75 Å². The Morgan fingerprint density at radius 2 is 1.89 bits per heavy atom. The van der Waals surface area contributed by atoms with Crippen molar-refractivity contribution in [2.45, 2.75) is 44.9 Å². The average Bonchev–Trinajstić information content (AvgIpc) is 3.39. The van der Waals surface area contributed by atoms with Crippen LogP contribution in [0.3, 0.4) is 0 Å². The third-order valence-electron chi connectivity index (χ3n) is 6.61. The first-order chi connectivity index (χ1) is 17.1. The van der Waals surface area contributed by atoms with Crippen molar-refractivity contribution >= 4 is 21.6 Å². The Bertz CT molecular complexity index is 1210. The highest BCUT2D eigenvalue weighted by Crippen LogP contribution is 2.30. The molecular formula is C27H38N4O4S. The second-order valence-corrected chi connectivity index (χ2v) is 11.2. The smallest absolute Gasteiger partial charge is 0.222 e. The quantitative estimate of drug-likeness (QED) is 0.423. The summed E-state index contributed by atoms with van der Waals surface area (Å²) in [7, 11) is -0.117. The van der Waals surface area contributed by atoms with Gasteiger partial charge in [-0.15, -0.1) is 0 Å². The van der Waals surface area contributed by atoms with Crippen LogP contribution in [0.4, 0.5) is 0 Å². The number of amidine groups is 1. The van der Waals surface area contributed by atoms with E-state index in [1.54, 1.807) is 25.0 Å². The summed E-state index contributed by atoms with van der Waals surface area (Å²) in [6, 6.07) is 10.0. The zero-order valence-corrected chi connectivity index (χ0v) is 22.8. The minimum Gasteiger partial charge on any atom is -0.496 e. The number of carbonyl (C=O) groups is 1. The fraction of sp³-hybridized carbons (Fsp3) is 0.481. The molecule has 1 amide bonds. The molecule has 0 radical (unpaired) electrons. The molecular weight excluding hydrogens is 476 g/mol. The number of carbonyl (C=O) groups excluding carboxylic acids is 1. The van der Waals surface area contributed by atoms with E-state index >= 15 is 0 Å². The number of methoxy groups -OCH3 is 1. The van der Waals surface area contributed by atoms with E-state index in [9.17, 15) is 13.2 Å². The second kappa shape index (κ2) is 12.4. The molecule has 3 rings (SSSR count). The zero-order chi connectivity index (χ0) is 26.3. The molecule has 0 saturated heterocycles. The van der Waals surface area contributed by atoms with Gasteiger partial charge in [0.15, 0.2) is 9.84 Å². The first kappa shape index (κ1) is 27.7. The lowest BCUT2D eigenvalue weighted by Crippen LogP contribution is -2.30. The molecule has 0 aliphatic carbocycles. The molecule has 2 N–H and O–H groups in total. The van der Waals surface area contributed by atoms with Gasteiger partial charge in [-0.1, -0.05) is 24.3 Å². The Labute approximate surface area is 215 Å². The van der Waals surface area contributed by atoms with Crippen molar-refractivity contribution in [1.29, 1.82) is 0 Å². The van der Waals surface area contributed by atoms with Gasteiger partial charge in [-0.25, -0.2) is 8.42 Å². The largest absolute Gasteiger partial charge is 0.496 e. The fourth-order valence-corrected chi connectivity index (χ4v) is 6.11. The molecule has 0 fully saturated rings. The summed E-state index contributed by atoms with van der Waals surface area (Å²) < 4.78 is 31.3. The zero-order valence-electron chi connectivity index (χ0n) is 22.0. The maximum atomic E-state index is 13.0. The van der Waals surface area contributed by atoms with Gasteiger partial charge in [-0.05, 0) is 68.5 Å². The number of nitrogens with one attached hydrogen (secondary N) is 2. The number of likely N-dealkylation sites (N-methyl/N-ethyl adjacent to an activating group) is 1. The van der Waals surface area contributed by atoms with Gasteiger partial charge in [0.1, 0.15) is 17.5 Å². The second-order valence-electron chi connectivity index (χ2n) is 9.26. The summed E-state index contributed by atoms with van der Waals surface area (Å²) in [5, 5.41) is 6.27. The van der Waals surface area contributed by atoms with E-state index in [1.165, 1.54) is 5.56 Å². The monoisotopic (exact) mass is 514 g/mol. The molecule has 8 nitrogen and oxygen atoms in total. The van der Waals surface area contributed by atoms with E-state index in [0.717, 1.165) is 36.5 Å². The highest BCUT2D eigenvalue weighted by atomic mass is 32.2. The van der Waals surface area contributed by atoms with Crippen LogP contribution < -0.4 is 15.4 Å². The van der Waals surface area contributed by atoms with Crippen LogP contribution in [0.2, 0.25) is 0 Å². The topological polar surface area (TPSA) is 100 Å². The molecule has 0 atom stereocenters. The lowest BCUT2D eigenvalue weighted by molar-refractivity contribution is -0.129. The van der Waals surface area contributed by atoms with Crippen LogP contribution in [0.1, 0.15) is 40.7 Å². The molecule has 1 heterocycles. The first-order valence-electron chi connectivity index (χ1n) is 12.3. The highest BCUT2D eigenvalue weighted by Gasteiger charge is 2.22. The highest BCUT2D eigenvalue weighted by molar-refractivity contribution is 7.91. The Morgan fingerprint density at radius 1 is 1.17 bits per heavy atom. The molecule has 9 heteroatoms. The van der Waals surface area contributed by atoms with Crippen molar-refractivity contribution in [1.82, 2.24) is 15.5 Å². The van der Waals surface area contributed by atoms with E-state index < -0.39 is 9.84 Å². The number of nitrogens with zero attached hydrogens (tertiary/aromatic N) is 2. The standard InChI is InChI=1S/C27H38N4O4S/c1-19-17-24(35-5)20(2)21(3)26(19)36(33,34)18-28-13-6-7-25(32)31(4)16-12-22-8-10-23(11-9-22)27-29-14-15-30-27/h8-11,17,28H,6-7,12-16,18H2,1-5H3,(H,29,30). The third kappa shape index (κ3) is 6.85. The maximum absolute atomic E-state index is 13.0. The summed E-state index contributed by atoms with van der Waals surface area (Å²) in [5.74, 6) is 1.52. The Morgan fingerprint density at radius 3 is 2.53 bits per heavy atom. The summed E-state index contributed by atoms with van der Waals surface area (Å²) in [6.45, 7) is 8.24. The van der Waals surface area contributed by atoms with E-state index in [2.05, 4.69) is 39.9 Å². The van der Waals surface area contributed by atoms with Crippen LogP contribution in [0, 0.1) is 20.8 Å². The van der Waals surface area contributed by atoms with E-state index in [4.69, 9.17) is 4.74 Å². The lowest BCUT2D eigenvalue weighted by atomic mass is 10.1. The molecule has 2 aromatic carbocycles. The van der Waals surface area contributed by atoms with Crippen molar-refractivity contribution in [2.75, 3.05) is 46.2 Å². The number of benzene rings is 2. The van der Waals surface area contributed by atoms with Gasteiger partial charge in [-0.2, -0.15) is 0 Å². The van der Waals surface area contributed by atoms with Crippen LogP contribution >= 0.6 is 0 Å². The molecule has 0 aromatic heterocycles. The Kier molecular flexibility index (Phi) is 9.50. The fourth-order valence-electron chi connectivity index (χ4n) is 4.39. The lowest BCUT2D eigenvalue weighted by Gasteiger charge is -2.18. The number of amides is 1. The third-order valence-corrected chi connectivity index (χ3v) is 8.44. The van der Waals surface area contributed by atoms with Gasteiger partial charge in [-0.3, -0.25) is 9.79 Å². The summed E-state index contributed by atoms with van der Waals surface area (Å²) >= 11 is 0. The van der Waals surface area contributed by atoms with Crippen LogP contribution in [0.15, 0.2) is 40.2 Å². The molecule has 0 bridgehead atoms. The van der Waals surface area contributed by atoms with Gasteiger partial charge in [0.25, 0.3) is 0 Å². The molecule has 0 saturated carbocycles. The number of rotatable bonds is 12. The van der Waals surface area contributed by atoms with Crippen LogP contribution in [0.25, 0.3) is 0 Å². The van der Waals surface area contributed by atoms with Crippen LogP contribution in [-0.4, -0.2) is 71.3 Å².